The fraction of sp³-hybridized carbons (Fsp3) is 0.917. The molecule has 2 unspecified atom stereocenters. The third-order valence-electron chi connectivity index (χ3n) is 3.27. The van der Waals surface area contributed by atoms with Crippen LogP contribution in [-0.2, 0) is 9.53 Å². The Balaban J connectivity index is 2.29. The first-order valence-corrected chi connectivity index (χ1v) is 6.73. The SMILES string of the molecule is CCOC(=O)CCC1CCNCC1CCCl. The second-order valence-electron chi connectivity index (χ2n) is 4.33. The number of carbonyl (C=O) groups is 1. The van der Waals surface area contributed by atoms with Crippen molar-refractivity contribution in [3.05, 3.63) is 0 Å². The van der Waals surface area contributed by atoms with E-state index in [-0.39, 0.29) is 5.97 Å². The Morgan fingerprint density at radius 2 is 2.25 bits per heavy atom. The van der Waals surface area contributed by atoms with Crippen molar-refractivity contribution in [1.82, 2.24) is 5.32 Å². The van der Waals surface area contributed by atoms with Gasteiger partial charge in [-0.2, -0.15) is 0 Å². The minimum Gasteiger partial charge on any atom is -0.466 e. The van der Waals surface area contributed by atoms with Crippen molar-refractivity contribution in [1.29, 1.82) is 0 Å². The van der Waals surface area contributed by atoms with E-state index in [1.54, 1.807) is 0 Å². The average Bonchev–Trinajstić information content (AvgIpc) is 2.29. The molecule has 0 spiro atoms. The molecule has 0 saturated carbocycles. The van der Waals surface area contributed by atoms with Gasteiger partial charge in [0.25, 0.3) is 0 Å². The number of carbonyl (C=O) groups excluding carboxylic acids is 1. The molecule has 0 aromatic rings. The molecule has 4 heteroatoms. The number of esters is 1. The minimum absolute atomic E-state index is 0.0642. The monoisotopic (exact) mass is 247 g/mol. The Morgan fingerprint density at radius 1 is 1.44 bits per heavy atom. The summed E-state index contributed by atoms with van der Waals surface area (Å²) >= 11 is 5.79. The second-order valence-corrected chi connectivity index (χ2v) is 4.71. The zero-order valence-corrected chi connectivity index (χ0v) is 10.8. The lowest BCUT2D eigenvalue weighted by atomic mass is 9.81. The number of halogens is 1. The van der Waals surface area contributed by atoms with Crippen LogP contribution in [0.1, 0.15) is 32.6 Å². The summed E-state index contributed by atoms with van der Waals surface area (Å²) in [5, 5.41) is 3.39. The lowest BCUT2D eigenvalue weighted by Gasteiger charge is -2.31. The van der Waals surface area contributed by atoms with E-state index in [2.05, 4.69) is 5.32 Å². The quantitative estimate of drug-likeness (QED) is 0.578. The molecule has 1 fully saturated rings. The Bertz CT molecular complexity index is 209. The number of hydrogen-bond donors (Lipinski definition) is 1. The highest BCUT2D eigenvalue weighted by molar-refractivity contribution is 6.17. The molecule has 1 rings (SSSR count). The lowest BCUT2D eigenvalue weighted by molar-refractivity contribution is -0.143. The van der Waals surface area contributed by atoms with E-state index < -0.39 is 0 Å². The van der Waals surface area contributed by atoms with Gasteiger partial charge in [0.2, 0.25) is 0 Å². The van der Waals surface area contributed by atoms with Gasteiger partial charge in [0, 0.05) is 12.3 Å². The van der Waals surface area contributed by atoms with Crippen molar-refractivity contribution in [2.45, 2.75) is 32.6 Å². The van der Waals surface area contributed by atoms with Crippen LogP contribution in [0.15, 0.2) is 0 Å². The van der Waals surface area contributed by atoms with Crippen LogP contribution in [0.25, 0.3) is 0 Å². The number of hydrogen-bond acceptors (Lipinski definition) is 3. The molecule has 0 aromatic carbocycles. The highest BCUT2D eigenvalue weighted by Crippen LogP contribution is 2.27. The zero-order valence-electron chi connectivity index (χ0n) is 10.0. The van der Waals surface area contributed by atoms with Gasteiger partial charge in [-0.25, -0.2) is 0 Å². The van der Waals surface area contributed by atoms with E-state index in [0.717, 1.165) is 32.4 Å². The normalized spacial score (nSPS) is 25.4. The first kappa shape index (κ1) is 13.8. The van der Waals surface area contributed by atoms with Gasteiger partial charge in [-0.3, -0.25) is 4.79 Å². The number of alkyl halides is 1. The van der Waals surface area contributed by atoms with Crippen LogP contribution in [0.3, 0.4) is 0 Å². The standard InChI is InChI=1S/C12H22ClNO2/c1-2-16-12(15)4-3-10-6-8-14-9-11(10)5-7-13/h10-11,14H,2-9H2,1H3. The minimum atomic E-state index is -0.0642. The third-order valence-corrected chi connectivity index (χ3v) is 3.49. The van der Waals surface area contributed by atoms with E-state index in [1.165, 1.54) is 0 Å². The molecule has 0 aliphatic carbocycles. The van der Waals surface area contributed by atoms with Crippen LogP contribution >= 0.6 is 11.6 Å². The highest BCUT2D eigenvalue weighted by Gasteiger charge is 2.24. The van der Waals surface area contributed by atoms with Crippen LogP contribution < -0.4 is 5.32 Å². The summed E-state index contributed by atoms with van der Waals surface area (Å²) in [6, 6.07) is 0. The van der Waals surface area contributed by atoms with Crippen molar-refractivity contribution < 1.29 is 9.53 Å². The molecular formula is C12H22ClNO2. The average molecular weight is 248 g/mol. The number of piperidine rings is 1. The van der Waals surface area contributed by atoms with Gasteiger partial charge in [0.15, 0.2) is 0 Å². The molecule has 1 aliphatic rings. The Kier molecular flexibility index (Phi) is 6.81. The molecule has 1 heterocycles. The highest BCUT2D eigenvalue weighted by atomic mass is 35.5. The van der Waals surface area contributed by atoms with Crippen molar-refractivity contribution in [2.24, 2.45) is 11.8 Å². The largest absolute Gasteiger partial charge is 0.466 e. The lowest BCUT2D eigenvalue weighted by Crippen LogP contribution is -2.37. The Morgan fingerprint density at radius 3 is 2.94 bits per heavy atom. The maximum Gasteiger partial charge on any atom is 0.305 e. The summed E-state index contributed by atoms with van der Waals surface area (Å²) < 4.78 is 4.95. The van der Waals surface area contributed by atoms with Gasteiger partial charge in [-0.05, 0) is 51.1 Å². The van der Waals surface area contributed by atoms with Crippen molar-refractivity contribution in [3.8, 4) is 0 Å². The Hall–Kier alpha value is -0.280. The molecule has 1 aliphatic heterocycles. The van der Waals surface area contributed by atoms with Crippen LogP contribution in [0.2, 0.25) is 0 Å². The van der Waals surface area contributed by atoms with Gasteiger partial charge in [-0.15, -0.1) is 11.6 Å². The smallest absolute Gasteiger partial charge is 0.305 e. The molecule has 1 N–H and O–H groups in total. The maximum atomic E-state index is 11.3. The first-order chi connectivity index (χ1) is 7.77. The fourth-order valence-electron chi connectivity index (χ4n) is 2.37. The maximum absolute atomic E-state index is 11.3. The summed E-state index contributed by atoms with van der Waals surface area (Å²) in [4.78, 5) is 11.3. The molecule has 0 aromatic heterocycles. The van der Waals surface area contributed by atoms with E-state index in [9.17, 15) is 4.79 Å². The molecule has 94 valence electrons. The summed E-state index contributed by atoms with van der Waals surface area (Å²) in [7, 11) is 0. The van der Waals surface area contributed by atoms with Crippen LogP contribution in [0.5, 0.6) is 0 Å². The molecule has 16 heavy (non-hydrogen) atoms. The van der Waals surface area contributed by atoms with Crippen LogP contribution in [0.4, 0.5) is 0 Å². The van der Waals surface area contributed by atoms with Gasteiger partial charge < -0.3 is 10.1 Å². The summed E-state index contributed by atoms with van der Waals surface area (Å²) in [5.74, 6) is 1.90. The summed E-state index contributed by atoms with van der Waals surface area (Å²) in [5.41, 5.74) is 0. The van der Waals surface area contributed by atoms with Crippen LogP contribution in [-0.4, -0.2) is 31.5 Å². The fourth-order valence-corrected chi connectivity index (χ4v) is 2.65. The number of nitrogens with one attached hydrogen (secondary N) is 1. The predicted octanol–water partition coefficient (Wildman–Crippen LogP) is 2.18. The molecule has 1 saturated heterocycles. The van der Waals surface area contributed by atoms with E-state index in [1.807, 2.05) is 6.92 Å². The van der Waals surface area contributed by atoms with E-state index >= 15 is 0 Å². The van der Waals surface area contributed by atoms with Crippen molar-refractivity contribution in [3.63, 3.8) is 0 Å². The molecule has 0 bridgehead atoms. The molecule has 2 atom stereocenters. The van der Waals surface area contributed by atoms with Gasteiger partial charge in [-0.1, -0.05) is 0 Å². The summed E-state index contributed by atoms with van der Waals surface area (Å²) in [6.45, 7) is 4.43. The van der Waals surface area contributed by atoms with E-state index in [4.69, 9.17) is 16.3 Å². The van der Waals surface area contributed by atoms with Gasteiger partial charge in [0.1, 0.15) is 0 Å². The molecule has 0 radical (unpaired) electrons. The summed E-state index contributed by atoms with van der Waals surface area (Å²) in [6.07, 6.45) is 3.70. The van der Waals surface area contributed by atoms with E-state index in [0.29, 0.717) is 30.7 Å². The number of ether oxygens (including phenoxy) is 1. The third kappa shape index (κ3) is 4.71. The van der Waals surface area contributed by atoms with Crippen LogP contribution in [0, 0.1) is 11.8 Å². The predicted molar refractivity (Wildman–Crippen MR) is 65.7 cm³/mol. The molecular weight excluding hydrogens is 226 g/mol. The van der Waals surface area contributed by atoms with Gasteiger partial charge >= 0.3 is 5.97 Å². The second kappa shape index (κ2) is 7.91. The Labute approximate surface area is 103 Å². The van der Waals surface area contributed by atoms with Gasteiger partial charge in [0.05, 0.1) is 6.61 Å². The zero-order chi connectivity index (χ0) is 11.8. The number of rotatable bonds is 6. The van der Waals surface area contributed by atoms with Crippen molar-refractivity contribution in [2.75, 3.05) is 25.6 Å². The topological polar surface area (TPSA) is 38.3 Å². The first-order valence-electron chi connectivity index (χ1n) is 6.20. The van der Waals surface area contributed by atoms with Crippen molar-refractivity contribution >= 4 is 17.6 Å². The molecule has 0 amide bonds. The molecule has 3 nitrogen and oxygen atoms in total.